The van der Waals surface area contributed by atoms with Crippen LogP contribution in [0.1, 0.15) is 15.9 Å². The lowest BCUT2D eigenvalue weighted by Gasteiger charge is -2.25. The highest BCUT2D eigenvalue weighted by Gasteiger charge is 2.17. The number of Topliss-reactive ketones (excluding diaryl/α,β-unsaturated/α-hetero) is 1. The van der Waals surface area contributed by atoms with Crippen molar-refractivity contribution in [1.29, 1.82) is 0 Å². The summed E-state index contributed by atoms with van der Waals surface area (Å²) in [5.41, 5.74) is 1.80. The molecule has 1 saturated heterocycles. The summed E-state index contributed by atoms with van der Waals surface area (Å²) in [5.74, 6) is 0.522. The molecule has 22 heavy (non-hydrogen) atoms. The van der Waals surface area contributed by atoms with Crippen LogP contribution in [0.15, 0.2) is 28.6 Å². The van der Waals surface area contributed by atoms with Crippen molar-refractivity contribution in [2.75, 3.05) is 37.0 Å². The molecule has 7 heteroatoms. The molecule has 0 unspecified atom stereocenters. The van der Waals surface area contributed by atoms with Crippen molar-refractivity contribution < 1.29 is 9.53 Å². The molecule has 116 valence electrons. The van der Waals surface area contributed by atoms with E-state index in [0.29, 0.717) is 5.75 Å². The fourth-order valence-corrected chi connectivity index (χ4v) is 4.01. The molecule has 0 atom stereocenters. The second-order valence-corrected chi connectivity index (χ2v) is 7.16. The van der Waals surface area contributed by atoms with Gasteiger partial charge in [0.15, 0.2) is 10.1 Å². The molecule has 0 spiro atoms. The Bertz CT molecular complexity index is 654. The summed E-state index contributed by atoms with van der Waals surface area (Å²) in [4.78, 5) is 14.4. The topological polar surface area (TPSA) is 55.3 Å². The number of morpholine rings is 1. The maximum Gasteiger partial charge on any atom is 0.209 e. The van der Waals surface area contributed by atoms with Gasteiger partial charge in [0.1, 0.15) is 0 Å². The van der Waals surface area contributed by atoms with E-state index in [1.54, 1.807) is 0 Å². The number of benzene rings is 1. The Kier molecular flexibility index (Phi) is 5.07. The zero-order chi connectivity index (χ0) is 15.4. The molecule has 1 aromatic carbocycles. The number of hydrogen-bond acceptors (Lipinski definition) is 7. The SMILES string of the molecule is Cc1ccccc1C(=O)CSc1nnc(N2CCOCC2)s1. The normalized spacial score (nSPS) is 15.0. The minimum Gasteiger partial charge on any atom is -0.378 e. The predicted octanol–water partition coefficient (Wildman–Crippen LogP) is 2.66. The van der Waals surface area contributed by atoms with Crippen LogP contribution in [0.25, 0.3) is 0 Å². The van der Waals surface area contributed by atoms with Crippen molar-refractivity contribution in [3.05, 3.63) is 35.4 Å². The van der Waals surface area contributed by atoms with E-state index >= 15 is 0 Å². The molecule has 0 amide bonds. The third-order valence-electron chi connectivity index (χ3n) is 3.45. The molecule has 1 fully saturated rings. The van der Waals surface area contributed by atoms with Gasteiger partial charge in [-0.15, -0.1) is 10.2 Å². The fourth-order valence-electron chi connectivity index (χ4n) is 2.23. The van der Waals surface area contributed by atoms with E-state index in [-0.39, 0.29) is 5.78 Å². The van der Waals surface area contributed by atoms with Gasteiger partial charge < -0.3 is 9.64 Å². The smallest absolute Gasteiger partial charge is 0.209 e. The van der Waals surface area contributed by atoms with Crippen LogP contribution in [-0.2, 0) is 4.74 Å². The van der Waals surface area contributed by atoms with E-state index in [1.807, 2.05) is 31.2 Å². The first-order valence-electron chi connectivity index (χ1n) is 7.12. The van der Waals surface area contributed by atoms with Gasteiger partial charge in [-0.1, -0.05) is 47.4 Å². The highest BCUT2D eigenvalue weighted by Crippen LogP contribution is 2.29. The molecule has 0 N–H and O–H groups in total. The number of nitrogens with zero attached hydrogens (tertiary/aromatic N) is 3. The van der Waals surface area contributed by atoms with Crippen LogP contribution in [0.3, 0.4) is 0 Å². The van der Waals surface area contributed by atoms with Gasteiger partial charge in [0.05, 0.1) is 19.0 Å². The van der Waals surface area contributed by atoms with Crippen LogP contribution in [-0.4, -0.2) is 48.0 Å². The first-order chi connectivity index (χ1) is 10.7. The minimum absolute atomic E-state index is 0.131. The summed E-state index contributed by atoms with van der Waals surface area (Å²) in [6.07, 6.45) is 0. The van der Waals surface area contributed by atoms with E-state index in [1.165, 1.54) is 23.1 Å². The third-order valence-corrected chi connectivity index (χ3v) is 5.57. The van der Waals surface area contributed by atoms with Crippen LogP contribution in [0.2, 0.25) is 0 Å². The van der Waals surface area contributed by atoms with Crippen molar-refractivity contribution >= 4 is 34.0 Å². The molecule has 5 nitrogen and oxygen atoms in total. The second kappa shape index (κ2) is 7.21. The quantitative estimate of drug-likeness (QED) is 0.618. The number of aromatic nitrogens is 2. The minimum atomic E-state index is 0.131. The Balaban J connectivity index is 1.59. The van der Waals surface area contributed by atoms with Crippen LogP contribution in [0, 0.1) is 6.92 Å². The van der Waals surface area contributed by atoms with E-state index in [4.69, 9.17) is 4.74 Å². The fraction of sp³-hybridized carbons (Fsp3) is 0.400. The van der Waals surface area contributed by atoms with Gasteiger partial charge in [0.2, 0.25) is 5.13 Å². The Morgan fingerprint density at radius 2 is 2.09 bits per heavy atom. The number of carbonyl (C=O) groups excluding carboxylic acids is 1. The number of rotatable bonds is 5. The molecule has 0 aliphatic carbocycles. The highest BCUT2D eigenvalue weighted by molar-refractivity contribution is 8.01. The molecule has 2 aromatic rings. The summed E-state index contributed by atoms with van der Waals surface area (Å²) in [5, 5.41) is 9.30. The summed E-state index contributed by atoms with van der Waals surface area (Å²) in [7, 11) is 0. The molecule has 1 aromatic heterocycles. The standard InChI is InChI=1S/C15H17N3O2S2/c1-11-4-2-3-5-12(11)13(19)10-21-15-17-16-14(22-15)18-6-8-20-9-7-18/h2-5H,6-10H2,1H3. The van der Waals surface area contributed by atoms with Crippen LogP contribution in [0.4, 0.5) is 5.13 Å². The van der Waals surface area contributed by atoms with Gasteiger partial charge in [-0.05, 0) is 12.5 Å². The highest BCUT2D eigenvalue weighted by atomic mass is 32.2. The van der Waals surface area contributed by atoms with Crippen LogP contribution < -0.4 is 4.90 Å². The molecule has 1 aliphatic rings. The number of ether oxygens (including phenoxy) is 1. The molecule has 0 bridgehead atoms. The first kappa shape index (κ1) is 15.5. The van der Waals surface area contributed by atoms with E-state index < -0.39 is 0 Å². The maximum absolute atomic E-state index is 12.3. The summed E-state index contributed by atoms with van der Waals surface area (Å²) < 4.78 is 6.17. The number of anilines is 1. The Morgan fingerprint density at radius 3 is 2.86 bits per heavy atom. The molecular formula is C15H17N3O2S2. The lowest BCUT2D eigenvalue weighted by molar-refractivity contribution is 0.102. The molecule has 0 saturated carbocycles. The second-order valence-electron chi connectivity index (χ2n) is 4.98. The van der Waals surface area contributed by atoms with Crippen LogP contribution >= 0.6 is 23.1 Å². The average Bonchev–Trinajstić information content (AvgIpc) is 3.03. The van der Waals surface area contributed by atoms with Gasteiger partial charge in [-0.3, -0.25) is 4.79 Å². The van der Waals surface area contributed by atoms with Gasteiger partial charge in [0.25, 0.3) is 0 Å². The molecule has 3 rings (SSSR count). The zero-order valence-corrected chi connectivity index (χ0v) is 14.0. The lowest BCUT2D eigenvalue weighted by atomic mass is 10.1. The first-order valence-corrected chi connectivity index (χ1v) is 8.92. The number of hydrogen-bond donors (Lipinski definition) is 0. The number of aryl methyl sites for hydroxylation is 1. The van der Waals surface area contributed by atoms with Gasteiger partial charge >= 0.3 is 0 Å². The largest absolute Gasteiger partial charge is 0.378 e. The van der Waals surface area contributed by atoms with E-state index in [0.717, 1.165) is 46.9 Å². The lowest BCUT2D eigenvalue weighted by Crippen LogP contribution is -2.36. The summed E-state index contributed by atoms with van der Waals surface area (Å²) in [6, 6.07) is 7.67. The Morgan fingerprint density at radius 1 is 1.32 bits per heavy atom. The predicted molar refractivity (Wildman–Crippen MR) is 89.2 cm³/mol. The van der Waals surface area contributed by atoms with Crippen molar-refractivity contribution in [1.82, 2.24) is 10.2 Å². The van der Waals surface area contributed by atoms with Gasteiger partial charge in [0, 0.05) is 18.7 Å². The monoisotopic (exact) mass is 335 g/mol. The molecule has 2 heterocycles. The van der Waals surface area contributed by atoms with Crippen molar-refractivity contribution in [3.8, 4) is 0 Å². The average molecular weight is 335 g/mol. The maximum atomic E-state index is 12.3. The van der Waals surface area contributed by atoms with E-state index in [2.05, 4.69) is 15.1 Å². The van der Waals surface area contributed by atoms with Crippen molar-refractivity contribution in [2.45, 2.75) is 11.3 Å². The number of carbonyl (C=O) groups is 1. The summed E-state index contributed by atoms with van der Waals surface area (Å²) in [6.45, 7) is 5.11. The van der Waals surface area contributed by atoms with Gasteiger partial charge in [-0.25, -0.2) is 0 Å². The summed E-state index contributed by atoms with van der Waals surface area (Å²) >= 11 is 2.99. The number of ketones is 1. The molecular weight excluding hydrogens is 318 g/mol. The molecule has 1 aliphatic heterocycles. The van der Waals surface area contributed by atoms with Crippen molar-refractivity contribution in [3.63, 3.8) is 0 Å². The van der Waals surface area contributed by atoms with E-state index in [9.17, 15) is 4.79 Å². The van der Waals surface area contributed by atoms with Gasteiger partial charge in [-0.2, -0.15) is 0 Å². The zero-order valence-electron chi connectivity index (χ0n) is 12.3. The number of thioether (sulfide) groups is 1. The third kappa shape index (κ3) is 3.66. The van der Waals surface area contributed by atoms with Crippen LogP contribution in [0.5, 0.6) is 0 Å². The Hall–Kier alpha value is -1.44. The molecule has 0 radical (unpaired) electrons. The van der Waals surface area contributed by atoms with Crippen molar-refractivity contribution in [2.24, 2.45) is 0 Å². The Labute approximate surface area is 137 Å².